The van der Waals surface area contributed by atoms with Gasteiger partial charge in [0.15, 0.2) is 0 Å². The molecule has 0 saturated carbocycles. The topological polar surface area (TPSA) is 91.7 Å². The number of alkyl carbamates (subject to hydrolysis) is 1. The monoisotopic (exact) mass is 363 g/mol. The molecule has 0 radical (unpaired) electrons. The number of ether oxygens (including phenoxy) is 2. The zero-order valence-electron chi connectivity index (χ0n) is 16.6. The molecule has 0 heterocycles. The lowest BCUT2D eigenvalue weighted by Crippen LogP contribution is -2.49. The average Bonchev–Trinajstić information content (AvgIpc) is 2.42. The van der Waals surface area contributed by atoms with Crippen molar-refractivity contribution in [2.45, 2.75) is 66.2 Å². The lowest BCUT2D eigenvalue weighted by atomic mass is 10.1. The largest absolute Gasteiger partial charge is 0.444 e. The summed E-state index contributed by atoms with van der Waals surface area (Å²) in [6, 6.07) is 7.53. The third-order valence-corrected chi connectivity index (χ3v) is 2.96. The van der Waals surface area contributed by atoms with Crippen LogP contribution in [0.3, 0.4) is 0 Å². The van der Waals surface area contributed by atoms with E-state index in [-0.39, 0.29) is 6.54 Å². The highest BCUT2D eigenvalue weighted by Crippen LogP contribution is 2.14. The lowest BCUT2D eigenvalue weighted by Gasteiger charge is -2.28. The second-order valence-electron chi connectivity index (χ2n) is 8.03. The molecule has 144 valence electrons. The molecule has 1 aromatic rings. The maximum absolute atomic E-state index is 12.5. The van der Waals surface area contributed by atoms with E-state index < -0.39 is 29.3 Å². The summed E-state index contributed by atoms with van der Waals surface area (Å²) >= 11 is 0. The van der Waals surface area contributed by atoms with Crippen molar-refractivity contribution >= 4 is 18.1 Å². The molecule has 0 bridgehead atoms. The summed E-state index contributed by atoms with van der Waals surface area (Å²) in [6.07, 6.45) is -1.53. The van der Waals surface area contributed by atoms with E-state index in [0.29, 0.717) is 0 Å². The summed E-state index contributed by atoms with van der Waals surface area (Å²) in [5, 5.41) is 10.4. The summed E-state index contributed by atoms with van der Waals surface area (Å²) in [6.45, 7) is 12.4. The maximum atomic E-state index is 12.5. The number of nitrogens with one attached hydrogen (secondary N) is 2. The lowest BCUT2D eigenvalue weighted by molar-refractivity contribution is 0.0346. The quantitative estimate of drug-likeness (QED) is 0.609. The minimum Gasteiger partial charge on any atom is -0.444 e. The van der Waals surface area contributed by atoms with Crippen molar-refractivity contribution in [2.75, 3.05) is 0 Å². The molecule has 1 aromatic carbocycles. The molecule has 0 fully saturated rings. The van der Waals surface area contributed by atoms with Gasteiger partial charge in [0.25, 0.3) is 0 Å². The van der Waals surface area contributed by atoms with Crippen LogP contribution < -0.4 is 5.32 Å². The molecule has 7 heteroatoms. The Morgan fingerprint density at radius 3 is 1.96 bits per heavy atom. The second-order valence-corrected chi connectivity index (χ2v) is 8.03. The van der Waals surface area contributed by atoms with Crippen LogP contribution in [0.2, 0.25) is 0 Å². The van der Waals surface area contributed by atoms with Crippen LogP contribution in [-0.2, 0) is 16.0 Å². The standard InChI is InChI=1S/C19H29N3O4/c1-13-8-10-14(11-9-13)12-22(17(24)26-19(5,6)7)15(20)21-16(23)25-18(2,3)4/h8-11H,12H2,1-7H3,(H2,20,21,23). The van der Waals surface area contributed by atoms with Crippen LogP contribution in [0.4, 0.5) is 9.59 Å². The summed E-state index contributed by atoms with van der Waals surface area (Å²) in [5.74, 6) is -0.408. The third-order valence-electron chi connectivity index (χ3n) is 2.96. The van der Waals surface area contributed by atoms with E-state index in [1.165, 1.54) is 0 Å². The molecular weight excluding hydrogens is 334 g/mol. The van der Waals surface area contributed by atoms with Crippen molar-refractivity contribution in [1.82, 2.24) is 10.2 Å². The van der Waals surface area contributed by atoms with Gasteiger partial charge in [-0.3, -0.25) is 10.7 Å². The minimum atomic E-state index is -0.806. The fraction of sp³-hybridized carbons (Fsp3) is 0.526. The first-order valence-corrected chi connectivity index (χ1v) is 8.41. The molecule has 0 aliphatic rings. The van der Waals surface area contributed by atoms with Crippen LogP contribution in [0.25, 0.3) is 0 Å². The first-order chi connectivity index (χ1) is 11.8. The van der Waals surface area contributed by atoms with Crippen molar-refractivity contribution in [2.24, 2.45) is 0 Å². The number of carbonyl (C=O) groups excluding carboxylic acids is 2. The Bertz CT molecular complexity index is 655. The fourth-order valence-corrected chi connectivity index (χ4v) is 1.90. The van der Waals surface area contributed by atoms with Gasteiger partial charge in [0.2, 0.25) is 5.96 Å². The second kappa shape index (κ2) is 8.21. The Kier molecular flexibility index (Phi) is 6.78. The number of hydrogen-bond acceptors (Lipinski definition) is 5. The number of carbonyl (C=O) groups is 2. The number of guanidine groups is 1. The van der Waals surface area contributed by atoms with Crippen LogP contribution in [0.15, 0.2) is 24.3 Å². The van der Waals surface area contributed by atoms with E-state index in [1.54, 1.807) is 41.5 Å². The smallest absolute Gasteiger partial charge is 0.417 e. The highest BCUT2D eigenvalue weighted by molar-refractivity contribution is 5.99. The number of benzene rings is 1. The zero-order valence-corrected chi connectivity index (χ0v) is 16.6. The molecular formula is C19H29N3O4. The molecule has 0 unspecified atom stereocenters. The Morgan fingerprint density at radius 1 is 1.00 bits per heavy atom. The van der Waals surface area contributed by atoms with Crippen molar-refractivity contribution < 1.29 is 19.1 Å². The predicted molar refractivity (Wildman–Crippen MR) is 100 cm³/mol. The molecule has 0 aromatic heterocycles. The Labute approximate surface area is 155 Å². The van der Waals surface area contributed by atoms with Gasteiger partial charge in [-0.25, -0.2) is 14.5 Å². The van der Waals surface area contributed by atoms with Crippen LogP contribution in [0.5, 0.6) is 0 Å². The highest BCUT2D eigenvalue weighted by Gasteiger charge is 2.27. The summed E-state index contributed by atoms with van der Waals surface area (Å²) in [4.78, 5) is 25.5. The molecule has 26 heavy (non-hydrogen) atoms. The number of hydrogen-bond donors (Lipinski definition) is 2. The van der Waals surface area contributed by atoms with Gasteiger partial charge in [-0.05, 0) is 54.0 Å². The van der Waals surface area contributed by atoms with Gasteiger partial charge in [0, 0.05) is 0 Å². The van der Waals surface area contributed by atoms with E-state index in [2.05, 4.69) is 5.32 Å². The number of amides is 2. The molecule has 1 rings (SSSR count). The van der Waals surface area contributed by atoms with Crippen LogP contribution >= 0.6 is 0 Å². The Hall–Kier alpha value is -2.57. The highest BCUT2D eigenvalue weighted by atomic mass is 16.6. The molecule has 0 aliphatic heterocycles. The van der Waals surface area contributed by atoms with Crippen LogP contribution in [0, 0.1) is 12.3 Å². The average molecular weight is 363 g/mol. The fourth-order valence-electron chi connectivity index (χ4n) is 1.90. The minimum absolute atomic E-state index is 0.0871. The number of rotatable bonds is 2. The first-order valence-electron chi connectivity index (χ1n) is 8.41. The predicted octanol–water partition coefficient (Wildman–Crippen LogP) is 4.19. The third kappa shape index (κ3) is 8.00. The number of aryl methyl sites for hydroxylation is 1. The van der Waals surface area contributed by atoms with Crippen molar-refractivity contribution in [3.8, 4) is 0 Å². The first kappa shape index (κ1) is 21.5. The SMILES string of the molecule is Cc1ccc(CN(C(=N)NC(=O)OC(C)(C)C)C(=O)OC(C)(C)C)cc1. The van der Waals surface area contributed by atoms with Crippen molar-refractivity contribution in [3.63, 3.8) is 0 Å². The molecule has 0 spiro atoms. The Morgan fingerprint density at radius 2 is 1.50 bits per heavy atom. The van der Waals surface area contributed by atoms with Crippen molar-refractivity contribution in [3.05, 3.63) is 35.4 Å². The van der Waals surface area contributed by atoms with E-state index in [0.717, 1.165) is 16.0 Å². The van der Waals surface area contributed by atoms with Gasteiger partial charge in [-0.15, -0.1) is 0 Å². The Balaban J connectivity index is 2.95. The van der Waals surface area contributed by atoms with E-state index in [4.69, 9.17) is 14.9 Å². The van der Waals surface area contributed by atoms with Crippen LogP contribution in [0.1, 0.15) is 52.7 Å². The molecule has 0 atom stereocenters. The molecule has 0 saturated heterocycles. The van der Waals surface area contributed by atoms with E-state index in [1.807, 2.05) is 31.2 Å². The zero-order chi connectivity index (χ0) is 20.1. The maximum Gasteiger partial charge on any atom is 0.417 e. The van der Waals surface area contributed by atoms with Gasteiger partial charge < -0.3 is 9.47 Å². The summed E-state index contributed by atoms with van der Waals surface area (Å²) in [7, 11) is 0. The molecule has 2 N–H and O–H groups in total. The van der Waals surface area contributed by atoms with Crippen molar-refractivity contribution in [1.29, 1.82) is 5.41 Å². The van der Waals surface area contributed by atoms with Crippen LogP contribution in [-0.4, -0.2) is 34.2 Å². The normalized spacial score (nSPS) is 11.5. The molecule has 0 aliphatic carbocycles. The van der Waals surface area contributed by atoms with Gasteiger partial charge >= 0.3 is 12.2 Å². The summed E-state index contributed by atoms with van der Waals surface area (Å²) in [5.41, 5.74) is 0.448. The van der Waals surface area contributed by atoms with Gasteiger partial charge in [0.1, 0.15) is 11.2 Å². The van der Waals surface area contributed by atoms with E-state index in [9.17, 15) is 9.59 Å². The molecule has 7 nitrogen and oxygen atoms in total. The van der Waals surface area contributed by atoms with Gasteiger partial charge in [-0.1, -0.05) is 29.8 Å². The van der Waals surface area contributed by atoms with Gasteiger partial charge in [-0.2, -0.15) is 0 Å². The molecule has 2 amide bonds. The number of nitrogens with zero attached hydrogens (tertiary/aromatic N) is 1. The van der Waals surface area contributed by atoms with Gasteiger partial charge in [0.05, 0.1) is 6.54 Å². The van der Waals surface area contributed by atoms with E-state index >= 15 is 0 Å². The summed E-state index contributed by atoms with van der Waals surface area (Å²) < 4.78 is 10.5.